The molecule has 0 bridgehead atoms. The van der Waals surface area contributed by atoms with E-state index in [0.717, 1.165) is 0 Å². The number of rotatable bonds is 8. The summed E-state index contributed by atoms with van der Waals surface area (Å²) in [6.45, 7) is 12.5. The largest absolute Gasteiger partial charge is 0.508 e. The molecule has 0 fully saturated rings. The Morgan fingerprint density at radius 1 is 0.946 bits per heavy atom. The Morgan fingerprint density at radius 3 is 2.08 bits per heavy atom. The summed E-state index contributed by atoms with van der Waals surface area (Å²) >= 11 is 0. The normalized spacial score (nSPS) is 13.3. The molecule has 37 heavy (non-hydrogen) atoms. The molecule has 2 aromatic rings. The number of hydrogen-bond acceptors (Lipinski definition) is 6. The lowest BCUT2D eigenvalue weighted by molar-refractivity contribution is -0.142. The molecule has 0 heterocycles. The van der Waals surface area contributed by atoms with Crippen LogP contribution in [0.25, 0.3) is 0 Å². The van der Waals surface area contributed by atoms with Crippen LogP contribution in [-0.2, 0) is 20.7 Å². The van der Waals surface area contributed by atoms with Gasteiger partial charge >= 0.3 is 6.09 Å². The number of alkyl carbamates (subject to hydrolysis) is 1. The minimum Gasteiger partial charge on any atom is -0.508 e. The van der Waals surface area contributed by atoms with Gasteiger partial charge in [-0.3, -0.25) is 9.59 Å². The van der Waals surface area contributed by atoms with Crippen LogP contribution in [0.1, 0.15) is 65.6 Å². The van der Waals surface area contributed by atoms with Crippen molar-refractivity contribution in [3.05, 3.63) is 59.7 Å². The molecule has 9 heteroatoms. The van der Waals surface area contributed by atoms with E-state index in [0.29, 0.717) is 11.1 Å². The summed E-state index contributed by atoms with van der Waals surface area (Å²) < 4.78 is 5.39. The lowest BCUT2D eigenvalue weighted by Gasteiger charge is -2.35. The van der Waals surface area contributed by atoms with E-state index in [9.17, 15) is 24.6 Å². The van der Waals surface area contributed by atoms with E-state index in [1.165, 1.54) is 29.2 Å². The third kappa shape index (κ3) is 9.33. The molecule has 0 saturated carbocycles. The van der Waals surface area contributed by atoms with Gasteiger partial charge in [-0.15, -0.1) is 0 Å². The number of likely N-dealkylation sites (N-methyl/N-ethyl adjacent to an activating group) is 1. The maximum absolute atomic E-state index is 14.0. The van der Waals surface area contributed by atoms with Crippen LogP contribution in [0.15, 0.2) is 48.5 Å². The van der Waals surface area contributed by atoms with Gasteiger partial charge in [-0.25, -0.2) is 4.79 Å². The SMILES string of the molecule is CCN(C(=O)C(Cc1ccc(O)cc1)NC(=O)OC(C)(C)C)C(C(=O)NC(C)(C)C)c1cccc(O)c1. The van der Waals surface area contributed by atoms with Gasteiger partial charge in [0, 0.05) is 18.5 Å². The first kappa shape index (κ1) is 29.5. The van der Waals surface area contributed by atoms with Gasteiger partial charge in [0.15, 0.2) is 0 Å². The summed E-state index contributed by atoms with van der Waals surface area (Å²) in [5.41, 5.74) is -0.236. The molecule has 0 saturated heterocycles. The van der Waals surface area contributed by atoms with E-state index in [1.54, 1.807) is 52.0 Å². The fourth-order valence-electron chi connectivity index (χ4n) is 3.79. The molecule has 2 unspecified atom stereocenters. The first-order valence-corrected chi connectivity index (χ1v) is 12.3. The van der Waals surface area contributed by atoms with Gasteiger partial charge in [0.05, 0.1) is 0 Å². The van der Waals surface area contributed by atoms with Crippen molar-refractivity contribution in [2.45, 2.75) is 78.1 Å². The summed E-state index contributed by atoms with van der Waals surface area (Å²) in [6, 6.07) is 10.4. The summed E-state index contributed by atoms with van der Waals surface area (Å²) in [6.07, 6.45) is -0.670. The Balaban J connectivity index is 2.50. The molecule has 2 aromatic carbocycles. The average Bonchev–Trinajstić information content (AvgIpc) is 2.75. The van der Waals surface area contributed by atoms with Crippen molar-refractivity contribution < 1.29 is 29.3 Å². The van der Waals surface area contributed by atoms with Crippen molar-refractivity contribution in [2.24, 2.45) is 0 Å². The fraction of sp³-hybridized carbons (Fsp3) is 0.464. The van der Waals surface area contributed by atoms with E-state index >= 15 is 0 Å². The number of carbonyl (C=O) groups excluding carboxylic acids is 3. The number of benzene rings is 2. The Bertz CT molecular complexity index is 1090. The van der Waals surface area contributed by atoms with Gasteiger partial charge in [0.1, 0.15) is 29.2 Å². The summed E-state index contributed by atoms with van der Waals surface area (Å²) in [5, 5.41) is 25.3. The van der Waals surface area contributed by atoms with Crippen LogP contribution >= 0.6 is 0 Å². The van der Waals surface area contributed by atoms with Crippen molar-refractivity contribution in [3.63, 3.8) is 0 Å². The smallest absolute Gasteiger partial charge is 0.408 e. The van der Waals surface area contributed by atoms with Gasteiger partial charge in [-0.1, -0.05) is 24.3 Å². The highest BCUT2D eigenvalue weighted by Crippen LogP contribution is 2.26. The molecule has 4 N–H and O–H groups in total. The zero-order valence-corrected chi connectivity index (χ0v) is 22.7. The molecule has 0 aliphatic rings. The van der Waals surface area contributed by atoms with Gasteiger partial charge in [0.2, 0.25) is 11.8 Å². The van der Waals surface area contributed by atoms with Crippen LogP contribution in [0.4, 0.5) is 4.79 Å². The number of phenolic OH excluding ortho intramolecular Hbond substituents is 2. The first-order chi connectivity index (χ1) is 17.1. The number of hydrogen-bond donors (Lipinski definition) is 4. The maximum atomic E-state index is 14.0. The van der Waals surface area contributed by atoms with E-state index in [1.807, 2.05) is 20.8 Å². The van der Waals surface area contributed by atoms with Gasteiger partial charge in [0.25, 0.3) is 0 Å². The maximum Gasteiger partial charge on any atom is 0.408 e. The second-order valence-corrected chi connectivity index (χ2v) is 10.9. The average molecular weight is 514 g/mol. The highest BCUT2D eigenvalue weighted by Gasteiger charge is 2.36. The van der Waals surface area contributed by atoms with Crippen molar-refractivity contribution in [3.8, 4) is 11.5 Å². The van der Waals surface area contributed by atoms with Gasteiger partial charge < -0.3 is 30.5 Å². The van der Waals surface area contributed by atoms with Crippen LogP contribution in [0.5, 0.6) is 11.5 Å². The minimum atomic E-state index is -1.07. The second kappa shape index (κ2) is 12.0. The molecule has 2 rings (SSSR count). The number of phenols is 2. The van der Waals surface area contributed by atoms with E-state index in [2.05, 4.69) is 10.6 Å². The molecule has 0 aliphatic carbocycles. The summed E-state index contributed by atoms with van der Waals surface area (Å²) in [4.78, 5) is 41.5. The molecule has 2 atom stereocenters. The van der Waals surface area contributed by atoms with Crippen LogP contribution in [0, 0.1) is 0 Å². The van der Waals surface area contributed by atoms with Crippen LogP contribution in [0.3, 0.4) is 0 Å². The van der Waals surface area contributed by atoms with Crippen LogP contribution in [0.2, 0.25) is 0 Å². The molecule has 0 aromatic heterocycles. The van der Waals surface area contributed by atoms with E-state index < -0.39 is 41.1 Å². The molecular formula is C28H39N3O6. The Hall–Kier alpha value is -3.75. The monoisotopic (exact) mass is 513 g/mol. The molecule has 3 amide bonds. The van der Waals surface area contributed by atoms with E-state index in [4.69, 9.17) is 4.74 Å². The third-order valence-corrected chi connectivity index (χ3v) is 5.23. The number of aromatic hydroxyl groups is 2. The Morgan fingerprint density at radius 2 is 1.57 bits per heavy atom. The van der Waals surface area contributed by atoms with Crippen molar-refractivity contribution in [1.82, 2.24) is 15.5 Å². The number of carbonyl (C=O) groups is 3. The van der Waals surface area contributed by atoms with Crippen molar-refractivity contribution in [1.29, 1.82) is 0 Å². The Labute approximate surface area is 218 Å². The van der Waals surface area contributed by atoms with Crippen molar-refractivity contribution >= 4 is 17.9 Å². The number of nitrogens with zero attached hydrogens (tertiary/aromatic N) is 1. The molecule has 0 aliphatic heterocycles. The lowest BCUT2D eigenvalue weighted by atomic mass is 9.99. The number of amides is 3. The number of ether oxygens (including phenoxy) is 1. The topological polar surface area (TPSA) is 128 Å². The summed E-state index contributed by atoms with van der Waals surface area (Å²) in [5.74, 6) is -0.889. The molecule has 0 spiro atoms. The van der Waals surface area contributed by atoms with E-state index in [-0.39, 0.29) is 24.5 Å². The van der Waals surface area contributed by atoms with Gasteiger partial charge in [-0.05, 0) is 83.9 Å². The van der Waals surface area contributed by atoms with Crippen LogP contribution < -0.4 is 10.6 Å². The number of nitrogens with one attached hydrogen (secondary N) is 2. The standard InChI is InChI=1S/C28H39N3O6/c1-8-31(23(24(34)30-27(2,3)4)19-10-9-11-21(33)17-19)25(35)22(29-26(36)37-28(5,6)7)16-18-12-14-20(32)15-13-18/h9-15,17,22-23,32-33H,8,16H2,1-7H3,(H,29,36)(H,30,34). The predicted molar refractivity (Wildman–Crippen MR) is 141 cm³/mol. The van der Waals surface area contributed by atoms with Crippen molar-refractivity contribution in [2.75, 3.05) is 6.54 Å². The fourth-order valence-corrected chi connectivity index (χ4v) is 3.79. The molecule has 0 radical (unpaired) electrons. The second-order valence-electron chi connectivity index (χ2n) is 10.9. The van der Waals surface area contributed by atoms with Crippen LogP contribution in [-0.4, -0.2) is 56.7 Å². The summed E-state index contributed by atoms with van der Waals surface area (Å²) in [7, 11) is 0. The molecule has 9 nitrogen and oxygen atoms in total. The minimum absolute atomic E-state index is 0.0397. The zero-order valence-electron chi connectivity index (χ0n) is 22.7. The first-order valence-electron chi connectivity index (χ1n) is 12.3. The van der Waals surface area contributed by atoms with Gasteiger partial charge in [-0.2, -0.15) is 0 Å². The zero-order chi connectivity index (χ0) is 28.0. The Kier molecular flexibility index (Phi) is 9.55. The molecule has 202 valence electrons. The third-order valence-electron chi connectivity index (χ3n) is 5.23. The molecular weight excluding hydrogens is 474 g/mol. The lowest BCUT2D eigenvalue weighted by Crippen LogP contribution is -2.55. The highest BCUT2D eigenvalue weighted by atomic mass is 16.6. The predicted octanol–water partition coefficient (Wildman–Crippen LogP) is 4.04. The quantitative estimate of drug-likeness (QED) is 0.422. The highest BCUT2D eigenvalue weighted by molar-refractivity contribution is 5.92.